The van der Waals surface area contributed by atoms with Crippen molar-refractivity contribution in [3.05, 3.63) is 10.9 Å². The molecule has 0 spiro atoms. The molecule has 2 N–H and O–H groups in total. The standard InChI is InChI=1S/C13H21N5S/c1-8(18(4)5)7-15-11-10-6-9(2)19-12(10)17-13(14-3)16-11/h6,8H,7H2,1-5H3,(H2,14,15,16,17). The lowest BCUT2D eigenvalue weighted by Crippen LogP contribution is -2.31. The number of rotatable bonds is 5. The van der Waals surface area contributed by atoms with E-state index in [0.717, 1.165) is 22.6 Å². The van der Waals surface area contributed by atoms with Crippen LogP contribution >= 0.6 is 11.3 Å². The monoisotopic (exact) mass is 279 g/mol. The fraction of sp³-hybridized carbons (Fsp3) is 0.538. The fourth-order valence-corrected chi connectivity index (χ4v) is 2.59. The van der Waals surface area contributed by atoms with Crippen molar-refractivity contribution in [3.8, 4) is 0 Å². The van der Waals surface area contributed by atoms with Gasteiger partial charge in [0.2, 0.25) is 5.95 Å². The summed E-state index contributed by atoms with van der Waals surface area (Å²) in [5, 5.41) is 7.55. The Labute approximate surface area is 118 Å². The molecule has 0 aliphatic rings. The van der Waals surface area contributed by atoms with Gasteiger partial charge in [-0.15, -0.1) is 11.3 Å². The van der Waals surface area contributed by atoms with E-state index in [1.165, 1.54) is 4.88 Å². The van der Waals surface area contributed by atoms with Crippen molar-refractivity contribution in [2.75, 3.05) is 38.3 Å². The van der Waals surface area contributed by atoms with Gasteiger partial charge < -0.3 is 15.5 Å². The summed E-state index contributed by atoms with van der Waals surface area (Å²) < 4.78 is 0. The van der Waals surface area contributed by atoms with Crippen LogP contribution in [0, 0.1) is 6.92 Å². The van der Waals surface area contributed by atoms with Crippen LogP contribution in [-0.2, 0) is 0 Å². The maximum atomic E-state index is 4.52. The fourth-order valence-electron chi connectivity index (χ4n) is 1.72. The van der Waals surface area contributed by atoms with E-state index in [1.54, 1.807) is 11.3 Å². The highest BCUT2D eigenvalue weighted by molar-refractivity contribution is 7.18. The molecule has 5 nitrogen and oxygen atoms in total. The number of fused-ring (bicyclic) bond motifs is 1. The molecule has 2 aromatic rings. The van der Waals surface area contributed by atoms with E-state index in [9.17, 15) is 0 Å². The van der Waals surface area contributed by atoms with Crippen molar-refractivity contribution < 1.29 is 0 Å². The third kappa shape index (κ3) is 3.13. The largest absolute Gasteiger partial charge is 0.368 e. The lowest BCUT2D eigenvalue weighted by atomic mass is 10.3. The van der Waals surface area contributed by atoms with Crippen LogP contribution in [0.2, 0.25) is 0 Å². The predicted molar refractivity (Wildman–Crippen MR) is 83.3 cm³/mol. The number of anilines is 2. The lowest BCUT2D eigenvalue weighted by molar-refractivity contribution is 0.326. The van der Waals surface area contributed by atoms with Gasteiger partial charge >= 0.3 is 0 Å². The maximum absolute atomic E-state index is 4.52. The van der Waals surface area contributed by atoms with E-state index < -0.39 is 0 Å². The minimum atomic E-state index is 0.447. The first kappa shape index (κ1) is 14.0. The smallest absolute Gasteiger partial charge is 0.225 e. The Hall–Kier alpha value is -1.40. The minimum Gasteiger partial charge on any atom is -0.368 e. The van der Waals surface area contributed by atoms with Crippen molar-refractivity contribution in [2.24, 2.45) is 0 Å². The third-order valence-corrected chi connectivity index (χ3v) is 4.13. The average molecular weight is 279 g/mol. The first-order chi connectivity index (χ1) is 9.01. The molecule has 6 heteroatoms. The van der Waals surface area contributed by atoms with Gasteiger partial charge in [-0.3, -0.25) is 0 Å². The van der Waals surface area contributed by atoms with E-state index in [4.69, 9.17) is 0 Å². The Morgan fingerprint density at radius 1 is 1.37 bits per heavy atom. The molecule has 0 saturated carbocycles. The summed E-state index contributed by atoms with van der Waals surface area (Å²) in [6, 6.07) is 2.59. The zero-order valence-corrected chi connectivity index (χ0v) is 12.9. The SMILES string of the molecule is CNc1nc(NCC(C)N(C)C)c2cc(C)sc2n1. The van der Waals surface area contributed by atoms with Gasteiger partial charge in [-0.05, 0) is 34.0 Å². The topological polar surface area (TPSA) is 53.1 Å². The van der Waals surface area contributed by atoms with E-state index in [2.05, 4.69) is 59.5 Å². The molecular weight excluding hydrogens is 258 g/mol. The number of hydrogen-bond acceptors (Lipinski definition) is 6. The van der Waals surface area contributed by atoms with Gasteiger partial charge in [0.05, 0.1) is 5.39 Å². The van der Waals surface area contributed by atoms with E-state index in [-0.39, 0.29) is 0 Å². The number of thiophene rings is 1. The third-order valence-electron chi connectivity index (χ3n) is 3.19. The highest BCUT2D eigenvalue weighted by Gasteiger charge is 2.11. The van der Waals surface area contributed by atoms with Crippen molar-refractivity contribution >= 4 is 33.3 Å². The van der Waals surface area contributed by atoms with Gasteiger partial charge in [-0.2, -0.15) is 4.98 Å². The van der Waals surface area contributed by atoms with E-state index in [0.29, 0.717) is 12.0 Å². The summed E-state index contributed by atoms with van der Waals surface area (Å²) in [5.74, 6) is 1.57. The number of aryl methyl sites for hydroxylation is 1. The van der Waals surface area contributed by atoms with Crippen LogP contribution in [0.5, 0.6) is 0 Å². The van der Waals surface area contributed by atoms with E-state index >= 15 is 0 Å². The molecule has 0 radical (unpaired) electrons. The molecule has 0 saturated heterocycles. The second-order valence-corrected chi connectivity index (χ2v) is 6.15. The molecule has 0 amide bonds. The van der Waals surface area contributed by atoms with Crippen LogP contribution in [-0.4, -0.2) is 48.6 Å². The normalized spacial score (nSPS) is 12.9. The van der Waals surface area contributed by atoms with Gasteiger partial charge in [-0.25, -0.2) is 4.98 Å². The molecule has 2 rings (SSSR count). The molecule has 104 valence electrons. The molecule has 0 aliphatic carbocycles. The molecule has 0 aromatic carbocycles. The summed E-state index contributed by atoms with van der Waals surface area (Å²) in [7, 11) is 6.00. The van der Waals surface area contributed by atoms with Gasteiger partial charge in [0.1, 0.15) is 10.6 Å². The number of hydrogen-bond donors (Lipinski definition) is 2. The predicted octanol–water partition coefficient (Wildman–Crippen LogP) is 2.40. The Kier molecular flexibility index (Phi) is 4.21. The summed E-state index contributed by atoms with van der Waals surface area (Å²) in [6.07, 6.45) is 0. The number of nitrogens with one attached hydrogen (secondary N) is 2. The molecule has 0 bridgehead atoms. The quantitative estimate of drug-likeness (QED) is 0.880. The molecular formula is C13H21N5S. The number of nitrogens with zero attached hydrogens (tertiary/aromatic N) is 3. The van der Waals surface area contributed by atoms with E-state index in [1.807, 2.05) is 7.05 Å². The summed E-state index contributed by atoms with van der Waals surface area (Å²) in [5.41, 5.74) is 0. The molecule has 1 unspecified atom stereocenters. The first-order valence-electron chi connectivity index (χ1n) is 6.37. The second kappa shape index (κ2) is 5.71. The Morgan fingerprint density at radius 3 is 2.74 bits per heavy atom. The molecule has 0 aliphatic heterocycles. The molecule has 0 fully saturated rings. The summed E-state index contributed by atoms with van der Waals surface area (Å²) >= 11 is 1.69. The highest BCUT2D eigenvalue weighted by Crippen LogP contribution is 2.29. The van der Waals surface area contributed by atoms with Crippen LogP contribution in [0.25, 0.3) is 10.2 Å². The van der Waals surface area contributed by atoms with Crippen LogP contribution in [0.1, 0.15) is 11.8 Å². The molecule has 19 heavy (non-hydrogen) atoms. The van der Waals surface area contributed by atoms with Gasteiger partial charge in [0.25, 0.3) is 0 Å². The van der Waals surface area contributed by atoms with Crippen molar-refractivity contribution in [1.29, 1.82) is 0 Å². The number of likely N-dealkylation sites (N-methyl/N-ethyl adjacent to an activating group) is 1. The summed E-state index contributed by atoms with van der Waals surface area (Å²) in [6.45, 7) is 5.14. The van der Waals surface area contributed by atoms with Gasteiger partial charge in [0, 0.05) is 24.5 Å². The van der Waals surface area contributed by atoms with Crippen LogP contribution in [0.3, 0.4) is 0 Å². The zero-order valence-electron chi connectivity index (χ0n) is 12.1. The minimum absolute atomic E-state index is 0.447. The average Bonchev–Trinajstić information content (AvgIpc) is 2.75. The summed E-state index contributed by atoms with van der Waals surface area (Å²) in [4.78, 5) is 13.5. The van der Waals surface area contributed by atoms with Crippen molar-refractivity contribution in [3.63, 3.8) is 0 Å². The van der Waals surface area contributed by atoms with Crippen LogP contribution in [0.15, 0.2) is 6.07 Å². The zero-order chi connectivity index (χ0) is 14.0. The molecule has 2 aromatic heterocycles. The van der Waals surface area contributed by atoms with Crippen molar-refractivity contribution in [1.82, 2.24) is 14.9 Å². The van der Waals surface area contributed by atoms with Crippen LogP contribution < -0.4 is 10.6 Å². The first-order valence-corrected chi connectivity index (χ1v) is 7.19. The number of aromatic nitrogens is 2. The van der Waals surface area contributed by atoms with Crippen LogP contribution in [0.4, 0.5) is 11.8 Å². The Bertz CT molecular complexity index is 563. The lowest BCUT2D eigenvalue weighted by Gasteiger charge is -2.20. The van der Waals surface area contributed by atoms with Gasteiger partial charge in [-0.1, -0.05) is 0 Å². The van der Waals surface area contributed by atoms with Gasteiger partial charge in [0.15, 0.2) is 0 Å². The second-order valence-electron chi connectivity index (χ2n) is 4.92. The molecule has 2 heterocycles. The Morgan fingerprint density at radius 2 is 2.11 bits per heavy atom. The molecule has 1 atom stereocenters. The highest BCUT2D eigenvalue weighted by atomic mass is 32.1. The Balaban J connectivity index is 2.29. The van der Waals surface area contributed by atoms with Crippen molar-refractivity contribution in [2.45, 2.75) is 19.9 Å². The maximum Gasteiger partial charge on any atom is 0.225 e.